The number of likely N-dealkylation sites (N-methyl/N-ethyl adjacent to an activating group) is 1. The molecule has 0 saturated carbocycles. The van der Waals surface area contributed by atoms with Crippen molar-refractivity contribution in [1.29, 1.82) is 0 Å². The molecule has 1 N–H and O–H groups in total. The fourth-order valence-electron chi connectivity index (χ4n) is 1.48. The van der Waals surface area contributed by atoms with E-state index in [2.05, 4.69) is 40.3 Å². The average Bonchev–Trinajstić information content (AvgIpc) is 2.60. The van der Waals surface area contributed by atoms with Crippen molar-refractivity contribution in [2.75, 3.05) is 25.0 Å². The number of hydrogen-bond donors (Lipinski definition) is 1. The van der Waals surface area contributed by atoms with Crippen molar-refractivity contribution in [3.8, 4) is 0 Å². The van der Waals surface area contributed by atoms with Crippen molar-refractivity contribution in [3.63, 3.8) is 0 Å². The number of anilines is 1. The standard InChI is InChI=1S/C10H20N4S/c1-5-14(6-2)7-8(3)11-10-12-9(4)13-15-10/h8H,5-7H2,1-4H3,(H,11,12,13). The highest BCUT2D eigenvalue weighted by Gasteiger charge is 2.08. The Labute approximate surface area is 95.9 Å². The minimum atomic E-state index is 0.414. The van der Waals surface area contributed by atoms with Gasteiger partial charge in [-0.15, -0.1) is 0 Å². The summed E-state index contributed by atoms with van der Waals surface area (Å²) in [4.78, 5) is 6.68. The summed E-state index contributed by atoms with van der Waals surface area (Å²) in [5.41, 5.74) is 0. The smallest absolute Gasteiger partial charge is 0.202 e. The molecule has 0 saturated heterocycles. The molecule has 1 heterocycles. The van der Waals surface area contributed by atoms with Gasteiger partial charge in [-0.3, -0.25) is 0 Å². The maximum atomic E-state index is 4.29. The van der Waals surface area contributed by atoms with E-state index in [0.717, 1.165) is 30.6 Å². The third-order valence-corrected chi connectivity index (χ3v) is 3.06. The molecule has 0 aliphatic carbocycles. The first-order valence-electron chi connectivity index (χ1n) is 5.44. The molecule has 0 fully saturated rings. The van der Waals surface area contributed by atoms with Crippen LogP contribution >= 0.6 is 11.5 Å². The molecule has 1 rings (SSSR count). The molecular weight excluding hydrogens is 208 g/mol. The Kier molecular flexibility index (Phi) is 4.98. The second-order valence-electron chi connectivity index (χ2n) is 3.68. The Morgan fingerprint density at radius 2 is 2.07 bits per heavy atom. The second-order valence-corrected chi connectivity index (χ2v) is 4.43. The van der Waals surface area contributed by atoms with Crippen molar-refractivity contribution in [2.45, 2.75) is 33.7 Å². The van der Waals surface area contributed by atoms with Crippen LogP contribution in [-0.2, 0) is 0 Å². The van der Waals surface area contributed by atoms with Crippen LogP contribution in [0.25, 0.3) is 0 Å². The summed E-state index contributed by atoms with van der Waals surface area (Å²) in [6.45, 7) is 11.7. The van der Waals surface area contributed by atoms with Crippen molar-refractivity contribution in [2.24, 2.45) is 0 Å². The molecule has 1 atom stereocenters. The molecule has 4 nitrogen and oxygen atoms in total. The van der Waals surface area contributed by atoms with Crippen LogP contribution < -0.4 is 5.32 Å². The predicted octanol–water partition coefficient (Wildman–Crippen LogP) is 1.99. The van der Waals surface area contributed by atoms with Gasteiger partial charge < -0.3 is 10.2 Å². The first-order valence-corrected chi connectivity index (χ1v) is 6.22. The summed E-state index contributed by atoms with van der Waals surface area (Å²) in [5, 5.41) is 4.29. The molecule has 5 heteroatoms. The molecule has 1 aromatic heterocycles. The van der Waals surface area contributed by atoms with Crippen LogP contribution in [-0.4, -0.2) is 39.9 Å². The van der Waals surface area contributed by atoms with Crippen LogP contribution in [0.15, 0.2) is 0 Å². The number of rotatable bonds is 6. The van der Waals surface area contributed by atoms with E-state index in [9.17, 15) is 0 Å². The van der Waals surface area contributed by atoms with E-state index in [0.29, 0.717) is 6.04 Å². The summed E-state index contributed by atoms with van der Waals surface area (Å²) in [6, 6.07) is 0.414. The summed E-state index contributed by atoms with van der Waals surface area (Å²) in [6.07, 6.45) is 0. The van der Waals surface area contributed by atoms with Crippen LogP contribution in [0.5, 0.6) is 0 Å². The van der Waals surface area contributed by atoms with Gasteiger partial charge in [0, 0.05) is 24.1 Å². The lowest BCUT2D eigenvalue weighted by molar-refractivity contribution is 0.295. The Morgan fingerprint density at radius 3 is 2.53 bits per heavy atom. The van der Waals surface area contributed by atoms with Crippen molar-refractivity contribution in [1.82, 2.24) is 14.3 Å². The molecule has 0 amide bonds. The zero-order valence-corrected chi connectivity index (χ0v) is 10.8. The van der Waals surface area contributed by atoms with E-state index >= 15 is 0 Å². The van der Waals surface area contributed by atoms with Gasteiger partial charge >= 0.3 is 0 Å². The van der Waals surface area contributed by atoms with Gasteiger partial charge in [-0.1, -0.05) is 13.8 Å². The second kappa shape index (κ2) is 6.02. The molecule has 0 aliphatic rings. The molecule has 86 valence electrons. The van der Waals surface area contributed by atoms with Gasteiger partial charge in [0.2, 0.25) is 5.13 Å². The van der Waals surface area contributed by atoms with Gasteiger partial charge in [0.15, 0.2) is 0 Å². The fraction of sp³-hybridized carbons (Fsp3) is 0.800. The quantitative estimate of drug-likeness (QED) is 0.808. The molecule has 0 aromatic carbocycles. The molecule has 0 aliphatic heterocycles. The largest absolute Gasteiger partial charge is 0.357 e. The van der Waals surface area contributed by atoms with E-state index in [-0.39, 0.29) is 0 Å². The van der Waals surface area contributed by atoms with Gasteiger partial charge in [0.1, 0.15) is 5.82 Å². The Hall–Kier alpha value is -0.680. The Balaban J connectivity index is 2.38. The molecule has 1 unspecified atom stereocenters. The monoisotopic (exact) mass is 228 g/mol. The molecule has 1 aromatic rings. The first kappa shape index (κ1) is 12.4. The zero-order chi connectivity index (χ0) is 11.3. The van der Waals surface area contributed by atoms with Crippen molar-refractivity contribution >= 4 is 16.7 Å². The third kappa shape index (κ3) is 4.13. The maximum absolute atomic E-state index is 4.29. The topological polar surface area (TPSA) is 41.0 Å². The number of aryl methyl sites for hydroxylation is 1. The summed E-state index contributed by atoms with van der Waals surface area (Å²) >= 11 is 1.43. The number of nitrogens with one attached hydrogen (secondary N) is 1. The zero-order valence-electron chi connectivity index (χ0n) is 9.95. The first-order chi connectivity index (χ1) is 7.15. The lowest BCUT2D eigenvalue weighted by atomic mass is 10.3. The van der Waals surface area contributed by atoms with Crippen LogP contribution in [0.3, 0.4) is 0 Å². The average molecular weight is 228 g/mol. The minimum Gasteiger partial charge on any atom is -0.357 e. The summed E-state index contributed by atoms with van der Waals surface area (Å²) in [5.74, 6) is 0.845. The maximum Gasteiger partial charge on any atom is 0.202 e. The predicted molar refractivity (Wildman–Crippen MR) is 65.5 cm³/mol. The third-order valence-electron chi connectivity index (χ3n) is 2.32. The van der Waals surface area contributed by atoms with Gasteiger partial charge in [0.25, 0.3) is 0 Å². The van der Waals surface area contributed by atoms with E-state index < -0.39 is 0 Å². The molecule has 0 bridgehead atoms. The van der Waals surface area contributed by atoms with E-state index in [1.165, 1.54) is 11.5 Å². The minimum absolute atomic E-state index is 0.414. The van der Waals surface area contributed by atoms with Gasteiger partial charge in [-0.2, -0.15) is 4.37 Å². The summed E-state index contributed by atoms with van der Waals surface area (Å²) in [7, 11) is 0. The molecule has 0 radical (unpaired) electrons. The van der Waals surface area contributed by atoms with E-state index in [1.807, 2.05) is 6.92 Å². The van der Waals surface area contributed by atoms with Gasteiger partial charge in [0.05, 0.1) is 0 Å². The SMILES string of the molecule is CCN(CC)CC(C)Nc1nc(C)ns1. The highest BCUT2D eigenvalue weighted by atomic mass is 32.1. The fourth-order valence-corrected chi connectivity index (χ4v) is 2.17. The lowest BCUT2D eigenvalue weighted by Crippen LogP contribution is -2.34. The number of hydrogen-bond acceptors (Lipinski definition) is 5. The highest BCUT2D eigenvalue weighted by Crippen LogP contribution is 2.11. The normalized spacial score (nSPS) is 13.1. The van der Waals surface area contributed by atoms with Gasteiger partial charge in [-0.25, -0.2) is 4.98 Å². The van der Waals surface area contributed by atoms with Crippen LogP contribution in [0, 0.1) is 6.92 Å². The van der Waals surface area contributed by atoms with Crippen LogP contribution in [0.4, 0.5) is 5.13 Å². The van der Waals surface area contributed by atoms with E-state index in [1.54, 1.807) is 0 Å². The Morgan fingerprint density at radius 1 is 1.40 bits per heavy atom. The molecule has 15 heavy (non-hydrogen) atoms. The molecular formula is C10H20N4S. The van der Waals surface area contributed by atoms with Crippen molar-refractivity contribution < 1.29 is 0 Å². The van der Waals surface area contributed by atoms with E-state index in [4.69, 9.17) is 0 Å². The van der Waals surface area contributed by atoms with Gasteiger partial charge in [-0.05, 0) is 26.9 Å². The highest BCUT2D eigenvalue weighted by molar-refractivity contribution is 7.09. The van der Waals surface area contributed by atoms with Crippen LogP contribution in [0.2, 0.25) is 0 Å². The summed E-state index contributed by atoms with van der Waals surface area (Å²) < 4.78 is 4.14. The Bertz CT molecular complexity index is 283. The molecule has 0 spiro atoms. The lowest BCUT2D eigenvalue weighted by Gasteiger charge is -2.22. The van der Waals surface area contributed by atoms with Crippen LogP contribution in [0.1, 0.15) is 26.6 Å². The number of nitrogens with zero attached hydrogens (tertiary/aromatic N) is 3. The van der Waals surface area contributed by atoms with Crippen molar-refractivity contribution in [3.05, 3.63) is 5.82 Å². The number of aromatic nitrogens is 2.